The van der Waals surface area contributed by atoms with E-state index in [0.717, 1.165) is 24.3 Å². The molecule has 3 atom stereocenters. The maximum Gasteiger partial charge on any atom is 0.126 e. The highest BCUT2D eigenvalue weighted by molar-refractivity contribution is 5.76. The molecule has 1 aromatic carbocycles. The van der Waals surface area contributed by atoms with Crippen molar-refractivity contribution in [1.82, 2.24) is 14.9 Å². The summed E-state index contributed by atoms with van der Waals surface area (Å²) in [6.07, 6.45) is 0.682. The molecule has 4 heteroatoms. The highest BCUT2D eigenvalue weighted by Crippen LogP contribution is 2.20. The molecule has 1 aromatic heterocycles. The van der Waals surface area contributed by atoms with Gasteiger partial charge in [-0.15, -0.1) is 0 Å². The molecule has 0 aliphatic carbocycles. The molecule has 116 valence electrons. The van der Waals surface area contributed by atoms with Gasteiger partial charge in [0.25, 0.3) is 0 Å². The van der Waals surface area contributed by atoms with Crippen LogP contribution in [-0.2, 0) is 6.54 Å². The zero-order valence-electron chi connectivity index (χ0n) is 13.5. The van der Waals surface area contributed by atoms with Crippen LogP contribution in [0.2, 0.25) is 0 Å². The van der Waals surface area contributed by atoms with E-state index in [1.807, 2.05) is 18.2 Å². The van der Waals surface area contributed by atoms with Gasteiger partial charge in [0, 0.05) is 13.1 Å². The Bertz CT molecular complexity index is 578. The molecule has 0 saturated carbocycles. The summed E-state index contributed by atoms with van der Waals surface area (Å²) in [5, 5.41) is 13.5. The van der Waals surface area contributed by atoms with Gasteiger partial charge < -0.3 is 15.0 Å². The monoisotopic (exact) mass is 289 g/mol. The lowest BCUT2D eigenvalue weighted by Gasteiger charge is -2.21. The van der Waals surface area contributed by atoms with Crippen LogP contribution in [-0.4, -0.2) is 27.3 Å². The lowest BCUT2D eigenvalue weighted by atomic mass is 10.0. The van der Waals surface area contributed by atoms with E-state index in [-0.39, 0.29) is 12.1 Å². The zero-order chi connectivity index (χ0) is 15.4. The maximum absolute atomic E-state index is 10.1. The number of para-hydroxylation sites is 2. The van der Waals surface area contributed by atoms with Crippen molar-refractivity contribution in [2.24, 2.45) is 5.92 Å². The largest absolute Gasteiger partial charge is 0.392 e. The van der Waals surface area contributed by atoms with Crippen molar-refractivity contribution >= 4 is 11.0 Å². The molecule has 2 aromatic rings. The first-order valence-electron chi connectivity index (χ1n) is 7.95. The predicted molar refractivity (Wildman–Crippen MR) is 87.3 cm³/mol. The minimum Gasteiger partial charge on any atom is -0.392 e. The number of nitrogens with zero attached hydrogens (tertiary/aromatic N) is 2. The molecule has 2 rings (SSSR count). The number of aliphatic hydroxyl groups is 1. The molecular formula is C17H27N3O. The Balaban J connectivity index is 2.14. The first-order chi connectivity index (χ1) is 10.1. The molecule has 0 radical (unpaired) electrons. The molecule has 0 aliphatic rings. The molecule has 0 saturated heterocycles. The van der Waals surface area contributed by atoms with E-state index in [2.05, 4.69) is 43.6 Å². The normalized spacial score (nSPS) is 16.0. The summed E-state index contributed by atoms with van der Waals surface area (Å²) >= 11 is 0. The highest BCUT2D eigenvalue weighted by Gasteiger charge is 2.18. The maximum atomic E-state index is 10.1. The molecule has 0 aliphatic heterocycles. The van der Waals surface area contributed by atoms with E-state index < -0.39 is 0 Å². The minimum absolute atomic E-state index is 0.121. The van der Waals surface area contributed by atoms with Crippen LogP contribution in [0.25, 0.3) is 11.0 Å². The summed E-state index contributed by atoms with van der Waals surface area (Å²) in [6.45, 7) is 9.93. The SMILES string of the molecule is CCC(C)C(O)CNC(C)c1nc2ccccc2n1CC. The minimum atomic E-state index is -0.308. The van der Waals surface area contributed by atoms with Crippen molar-refractivity contribution in [1.29, 1.82) is 0 Å². The Hall–Kier alpha value is -1.39. The number of fused-ring (bicyclic) bond motifs is 1. The summed E-state index contributed by atoms with van der Waals surface area (Å²) in [7, 11) is 0. The number of aryl methyl sites for hydroxylation is 1. The Labute approximate surface area is 127 Å². The van der Waals surface area contributed by atoms with Gasteiger partial charge in [-0.3, -0.25) is 0 Å². The van der Waals surface area contributed by atoms with Crippen LogP contribution < -0.4 is 5.32 Å². The summed E-state index contributed by atoms with van der Waals surface area (Å²) in [4.78, 5) is 4.75. The number of hydrogen-bond donors (Lipinski definition) is 2. The third-order valence-electron chi connectivity index (χ3n) is 4.32. The topological polar surface area (TPSA) is 50.1 Å². The summed E-state index contributed by atoms with van der Waals surface area (Å²) < 4.78 is 2.24. The molecule has 0 bridgehead atoms. The van der Waals surface area contributed by atoms with Crippen molar-refractivity contribution in [2.75, 3.05) is 6.54 Å². The molecule has 0 amide bonds. The van der Waals surface area contributed by atoms with Gasteiger partial charge in [-0.2, -0.15) is 0 Å². The summed E-state index contributed by atoms with van der Waals surface area (Å²) in [5.74, 6) is 1.35. The molecule has 2 N–H and O–H groups in total. The Kier molecular flexibility index (Phi) is 5.37. The van der Waals surface area contributed by atoms with Gasteiger partial charge in [0.1, 0.15) is 5.82 Å². The lowest BCUT2D eigenvalue weighted by molar-refractivity contribution is 0.110. The van der Waals surface area contributed by atoms with E-state index in [9.17, 15) is 5.11 Å². The first-order valence-corrected chi connectivity index (χ1v) is 7.95. The van der Waals surface area contributed by atoms with Gasteiger partial charge >= 0.3 is 0 Å². The van der Waals surface area contributed by atoms with Crippen LogP contribution in [0.1, 0.15) is 46.0 Å². The number of aliphatic hydroxyl groups excluding tert-OH is 1. The average molecular weight is 289 g/mol. The Morgan fingerprint density at radius 1 is 1.24 bits per heavy atom. The van der Waals surface area contributed by atoms with Crippen molar-refractivity contribution < 1.29 is 5.11 Å². The predicted octanol–water partition coefficient (Wildman–Crippen LogP) is 3.11. The molecule has 0 spiro atoms. The third kappa shape index (κ3) is 3.44. The van der Waals surface area contributed by atoms with Gasteiger partial charge in [0.05, 0.1) is 23.2 Å². The lowest BCUT2D eigenvalue weighted by Crippen LogP contribution is -2.34. The second kappa shape index (κ2) is 7.05. The fourth-order valence-corrected chi connectivity index (χ4v) is 2.62. The Morgan fingerprint density at radius 3 is 2.62 bits per heavy atom. The van der Waals surface area contributed by atoms with E-state index in [4.69, 9.17) is 4.98 Å². The number of hydrogen-bond acceptors (Lipinski definition) is 3. The van der Waals surface area contributed by atoms with Crippen LogP contribution in [0, 0.1) is 5.92 Å². The second-order valence-electron chi connectivity index (χ2n) is 5.79. The number of benzene rings is 1. The third-order valence-corrected chi connectivity index (χ3v) is 4.32. The van der Waals surface area contributed by atoms with Crippen LogP contribution in [0.4, 0.5) is 0 Å². The zero-order valence-corrected chi connectivity index (χ0v) is 13.5. The van der Waals surface area contributed by atoms with Gasteiger partial charge in [0.15, 0.2) is 0 Å². The van der Waals surface area contributed by atoms with Crippen LogP contribution in [0.5, 0.6) is 0 Å². The molecule has 1 heterocycles. The van der Waals surface area contributed by atoms with Crippen LogP contribution in [0.15, 0.2) is 24.3 Å². The van der Waals surface area contributed by atoms with Crippen molar-refractivity contribution in [3.8, 4) is 0 Å². The van der Waals surface area contributed by atoms with Gasteiger partial charge in [0.2, 0.25) is 0 Å². The van der Waals surface area contributed by atoms with Crippen LogP contribution >= 0.6 is 0 Å². The smallest absolute Gasteiger partial charge is 0.126 e. The van der Waals surface area contributed by atoms with Gasteiger partial charge in [-0.05, 0) is 31.9 Å². The van der Waals surface area contributed by atoms with Crippen LogP contribution in [0.3, 0.4) is 0 Å². The second-order valence-corrected chi connectivity index (χ2v) is 5.79. The highest BCUT2D eigenvalue weighted by atomic mass is 16.3. The average Bonchev–Trinajstić information content (AvgIpc) is 2.89. The van der Waals surface area contributed by atoms with Crippen molar-refractivity contribution in [2.45, 2.75) is 52.8 Å². The van der Waals surface area contributed by atoms with E-state index >= 15 is 0 Å². The molecule has 0 fully saturated rings. The standard InChI is InChI=1S/C17H27N3O/c1-5-12(3)16(21)11-18-13(4)17-19-14-9-7-8-10-15(14)20(17)6-2/h7-10,12-13,16,18,21H,5-6,11H2,1-4H3. The number of rotatable bonds is 7. The van der Waals surface area contributed by atoms with E-state index in [0.29, 0.717) is 12.5 Å². The number of aromatic nitrogens is 2. The quantitative estimate of drug-likeness (QED) is 0.823. The molecule has 21 heavy (non-hydrogen) atoms. The molecular weight excluding hydrogens is 262 g/mol. The summed E-state index contributed by atoms with van der Waals surface area (Å²) in [6, 6.07) is 8.34. The van der Waals surface area contributed by atoms with Gasteiger partial charge in [-0.1, -0.05) is 32.4 Å². The van der Waals surface area contributed by atoms with E-state index in [1.165, 1.54) is 5.52 Å². The fourth-order valence-electron chi connectivity index (χ4n) is 2.62. The molecule has 3 unspecified atom stereocenters. The first kappa shape index (κ1) is 16.0. The number of nitrogens with one attached hydrogen (secondary N) is 1. The molecule has 4 nitrogen and oxygen atoms in total. The van der Waals surface area contributed by atoms with E-state index in [1.54, 1.807) is 0 Å². The Morgan fingerprint density at radius 2 is 1.95 bits per heavy atom. The van der Waals surface area contributed by atoms with Gasteiger partial charge in [-0.25, -0.2) is 4.98 Å². The fraction of sp³-hybridized carbons (Fsp3) is 0.588. The van der Waals surface area contributed by atoms with Crippen molar-refractivity contribution in [3.05, 3.63) is 30.1 Å². The number of imidazole rings is 1. The summed E-state index contributed by atoms with van der Waals surface area (Å²) in [5.41, 5.74) is 2.21. The van der Waals surface area contributed by atoms with Crippen molar-refractivity contribution in [3.63, 3.8) is 0 Å².